The number of hydrogen-bond acceptors (Lipinski definition) is 3. The number of anilines is 1. The molecule has 25 heavy (non-hydrogen) atoms. The van der Waals surface area contributed by atoms with E-state index in [1.807, 2.05) is 26.0 Å². The standard InChI is InChI=1S/C18H16BrFN2O2S/c1-10-4-5-13(8-11(10)2)17-12(3)18(22-25(17,23)24)21-16-7-6-14(19)9-15(16)20/h4-9H,1-3H3,(H,21,22). The molecule has 0 radical (unpaired) electrons. The zero-order valence-electron chi connectivity index (χ0n) is 13.9. The molecule has 0 bridgehead atoms. The van der Waals surface area contributed by atoms with E-state index in [-0.39, 0.29) is 16.4 Å². The van der Waals surface area contributed by atoms with Gasteiger partial charge in [-0.25, -0.2) is 4.39 Å². The molecular weight excluding hydrogens is 407 g/mol. The van der Waals surface area contributed by atoms with E-state index in [1.54, 1.807) is 19.1 Å². The molecule has 2 aromatic rings. The van der Waals surface area contributed by atoms with Gasteiger partial charge in [-0.15, -0.1) is 4.40 Å². The summed E-state index contributed by atoms with van der Waals surface area (Å²) in [6, 6.07) is 9.95. The van der Waals surface area contributed by atoms with E-state index in [2.05, 4.69) is 25.6 Å². The van der Waals surface area contributed by atoms with Crippen LogP contribution in [-0.4, -0.2) is 14.3 Å². The predicted molar refractivity (Wildman–Crippen MR) is 103 cm³/mol. The highest BCUT2D eigenvalue weighted by Crippen LogP contribution is 2.34. The van der Waals surface area contributed by atoms with Crippen molar-refractivity contribution < 1.29 is 12.8 Å². The van der Waals surface area contributed by atoms with Crippen LogP contribution in [0.3, 0.4) is 0 Å². The highest BCUT2D eigenvalue weighted by molar-refractivity contribution is 9.10. The van der Waals surface area contributed by atoms with Crippen molar-refractivity contribution in [3.63, 3.8) is 0 Å². The van der Waals surface area contributed by atoms with E-state index in [0.717, 1.165) is 11.1 Å². The number of sulfonamides is 1. The molecule has 0 spiro atoms. The number of halogens is 2. The molecule has 7 heteroatoms. The molecule has 0 aliphatic carbocycles. The van der Waals surface area contributed by atoms with Gasteiger partial charge in [0.2, 0.25) is 0 Å². The van der Waals surface area contributed by atoms with Crippen LogP contribution in [0.2, 0.25) is 0 Å². The minimum Gasteiger partial charge on any atom is -0.337 e. The van der Waals surface area contributed by atoms with Crippen LogP contribution >= 0.6 is 15.9 Å². The first kappa shape index (κ1) is 17.8. The summed E-state index contributed by atoms with van der Waals surface area (Å²) in [5.74, 6) is -0.364. The third kappa shape index (κ3) is 3.39. The average molecular weight is 423 g/mol. The highest BCUT2D eigenvalue weighted by Gasteiger charge is 2.31. The Hall–Kier alpha value is -1.99. The number of rotatable bonds is 2. The summed E-state index contributed by atoms with van der Waals surface area (Å²) in [4.78, 5) is 0.149. The number of nitrogens with zero attached hydrogens (tertiary/aromatic N) is 1. The predicted octanol–water partition coefficient (Wildman–Crippen LogP) is 4.79. The second kappa shape index (κ2) is 6.38. The lowest BCUT2D eigenvalue weighted by molar-refractivity contribution is 0.608. The average Bonchev–Trinajstić information content (AvgIpc) is 2.74. The summed E-state index contributed by atoms with van der Waals surface area (Å²) in [6.07, 6.45) is 0. The molecule has 1 N–H and O–H groups in total. The van der Waals surface area contributed by atoms with Gasteiger partial charge in [-0.3, -0.25) is 0 Å². The van der Waals surface area contributed by atoms with Gasteiger partial charge in [0, 0.05) is 10.0 Å². The minimum absolute atomic E-state index is 0.134. The number of amidine groups is 1. The molecule has 1 aliphatic rings. The lowest BCUT2D eigenvalue weighted by atomic mass is 10.0. The van der Waals surface area contributed by atoms with Crippen LogP contribution in [0.4, 0.5) is 10.1 Å². The molecule has 0 atom stereocenters. The quantitative estimate of drug-likeness (QED) is 0.756. The van der Waals surface area contributed by atoms with Crippen molar-refractivity contribution in [3.05, 3.63) is 69.0 Å². The first-order valence-electron chi connectivity index (χ1n) is 7.55. The van der Waals surface area contributed by atoms with Gasteiger partial charge in [0.05, 0.1) is 5.69 Å². The first-order chi connectivity index (χ1) is 11.7. The van der Waals surface area contributed by atoms with Gasteiger partial charge in [-0.05, 0) is 55.7 Å². The lowest BCUT2D eigenvalue weighted by Gasteiger charge is -2.09. The minimum atomic E-state index is -3.84. The van der Waals surface area contributed by atoms with Crippen LogP contribution in [-0.2, 0) is 10.0 Å². The van der Waals surface area contributed by atoms with E-state index < -0.39 is 15.8 Å². The molecule has 2 aromatic carbocycles. The molecule has 0 saturated heterocycles. The van der Waals surface area contributed by atoms with Gasteiger partial charge in [0.15, 0.2) is 0 Å². The number of aryl methyl sites for hydroxylation is 2. The summed E-state index contributed by atoms with van der Waals surface area (Å²) < 4.78 is 43.5. The summed E-state index contributed by atoms with van der Waals surface area (Å²) >= 11 is 3.19. The van der Waals surface area contributed by atoms with Crippen molar-refractivity contribution in [2.75, 3.05) is 5.32 Å². The van der Waals surface area contributed by atoms with Gasteiger partial charge in [-0.2, -0.15) is 8.42 Å². The molecule has 0 fully saturated rings. The lowest BCUT2D eigenvalue weighted by Crippen LogP contribution is -2.12. The molecule has 0 aromatic heterocycles. The maximum Gasteiger partial charge on any atom is 0.285 e. The summed E-state index contributed by atoms with van der Waals surface area (Å²) in [5, 5.41) is 2.78. The van der Waals surface area contributed by atoms with Crippen LogP contribution in [0.15, 0.2) is 50.8 Å². The Bertz CT molecular complexity index is 1040. The van der Waals surface area contributed by atoms with Crippen LogP contribution in [0.5, 0.6) is 0 Å². The summed E-state index contributed by atoms with van der Waals surface area (Å²) in [6.45, 7) is 5.55. The van der Waals surface area contributed by atoms with Crippen molar-refractivity contribution >= 4 is 42.4 Å². The normalized spacial score (nSPS) is 16.1. The molecule has 1 heterocycles. The van der Waals surface area contributed by atoms with E-state index in [9.17, 15) is 12.8 Å². The molecule has 0 unspecified atom stereocenters. The zero-order valence-corrected chi connectivity index (χ0v) is 16.3. The van der Waals surface area contributed by atoms with Crippen molar-refractivity contribution in [3.8, 4) is 0 Å². The Morgan fingerprint density at radius 1 is 1.04 bits per heavy atom. The van der Waals surface area contributed by atoms with Gasteiger partial charge in [-0.1, -0.05) is 34.1 Å². The van der Waals surface area contributed by atoms with Gasteiger partial charge >= 0.3 is 0 Å². The Balaban J connectivity index is 2.05. The summed E-state index contributed by atoms with van der Waals surface area (Å²) in [7, 11) is -3.84. The third-order valence-corrected chi connectivity index (χ3v) is 6.09. The zero-order chi connectivity index (χ0) is 18.4. The van der Waals surface area contributed by atoms with E-state index >= 15 is 0 Å². The smallest absolute Gasteiger partial charge is 0.285 e. The maximum atomic E-state index is 14.0. The van der Waals surface area contributed by atoms with Gasteiger partial charge < -0.3 is 5.32 Å². The maximum absolute atomic E-state index is 14.0. The van der Waals surface area contributed by atoms with Crippen molar-refractivity contribution in [1.82, 2.24) is 0 Å². The van der Waals surface area contributed by atoms with Gasteiger partial charge in [0.1, 0.15) is 16.6 Å². The SMILES string of the molecule is CC1=C(c2ccc(C)c(C)c2)S(=O)(=O)N=C1Nc1ccc(Br)cc1F. The molecule has 3 rings (SSSR count). The van der Waals surface area contributed by atoms with Crippen LogP contribution < -0.4 is 5.32 Å². The van der Waals surface area contributed by atoms with Crippen LogP contribution in [0.25, 0.3) is 4.91 Å². The fraction of sp³-hybridized carbons (Fsp3) is 0.167. The van der Waals surface area contributed by atoms with Crippen molar-refractivity contribution in [2.24, 2.45) is 4.40 Å². The number of nitrogens with one attached hydrogen (secondary N) is 1. The third-order valence-electron chi connectivity index (χ3n) is 4.12. The molecule has 1 aliphatic heterocycles. The first-order valence-corrected chi connectivity index (χ1v) is 9.78. The van der Waals surface area contributed by atoms with E-state index in [1.165, 1.54) is 12.1 Å². The highest BCUT2D eigenvalue weighted by atomic mass is 79.9. The van der Waals surface area contributed by atoms with E-state index in [0.29, 0.717) is 15.6 Å². The molecule has 4 nitrogen and oxygen atoms in total. The Labute approximate surface area is 154 Å². The van der Waals surface area contributed by atoms with Crippen molar-refractivity contribution in [2.45, 2.75) is 20.8 Å². The number of hydrogen-bond donors (Lipinski definition) is 1. The monoisotopic (exact) mass is 422 g/mol. The second-order valence-corrected chi connectivity index (χ2v) is 8.37. The Morgan fingerprint density at radius 2 is 1.76 bits per heavy atom. The molecular formula is C18H16BrFN2O2S. The largest absolute Gasteiger partial charge is 0.337 e. The van der Waals surface area contributed by atoms with Crippen molar-refractivity contribution in [1.29, 1.82) is 0 Å². The topological polar surface area (TPSA) is 58.5 Å². The van der Waals surface area contributed by atoms with Crippen LogP contribution in [0.1, 0.15) is 23.6 Å². The van der Waals surface area contributed by atoms with E-state index in [4.69, 9.17) is 0 Å². The fourth-order valence-electron chi connectivity index (χ4n) is 2.62. The summed E-state index contributed by atoms with van der Waals surface area (Å²) in [5.41, 5.74) is 3.28. The molecule has 0 saturated carbocycles. The molecule has 130 valence electrons. The second-order valence-electron chi connectivity index (χ2n) is 5.92. The fourth-order valence-corrected chi connectivity index (χ4v) is 4.37. The van der Waals surface area contributed by atoms with Gasteiger partial charge in [0.25, 0.3) is 10.0 Å². The number of benzene rings is 2. The Morgan fingerprint density at radius 3 is 2.40 bits per heavy atom. The van der Waals surface area contributed by atoms with Crippen LogP contribution in [0, 0.1) is 19.7 Å². The molecule has 0 amide bonds. The Kier molecular flexibility index (Phi) is 4.55.